The zero-order valence-corrected chi connectivity index (χ0v) is 13.4. The van der Waals surface area contributed by atoms with Crippen LogP contribution >= 0.6 is 11.6 Å². The maximum atomic E-state index is 13.9. The van der Waals surface area contributed by atoms with Gasteiger partial charge in [0.25, 0.3) is 0 Å². The SMILES string of the molecule is O=S(=O)(Cc1noc2c1CCCCC2)c1c(F)cccc1Cl. The highest BCUT2D eigenvalue weighted by Gasteiger charge is 2.27. The number of hydrogen-bond acceptors (Lipinski definition) is 4. The Morgan fingerprint density at radius 3 is 2.77 bits per heavy atom. The molecular formula is C15H15ClFNO3S. The number of nitrogens with zero attached hydrogens (tertiary/aromatic N) is 1. The van der Waals surface area contributed by atoms with Gasteiger partial charge in [-0.25, -0.2) is 12.8 Å². The third-order valence-corrected chi connectivity index (χ3v) is 5.96. The third-order valence-electron chi connectivity index (χ3n) is 3.84. The van der Waals surface area contributed by atoms with Crippen molar-refractivity contribution in [2.45, 2.75) is 42.8 Å². The van der Waals surface area contributed by atoms with Crippen molar-refractivity contribution in [3.05, 3.63) is 46.1 Å². The minimum atomic E-state index is -3.92. The second kappa shape index (κ2) is 6.01. The Morgan fingerprint density at radius 1 is 1.23 bits per heavy atom. The van der Waals surface area contributed by atoms with E-state index >= 15 is 0 Å². The van der Waals surface area contributed by atoms with Crippen molar-refractivity contribution in [3.8, 4) is 0 Å². The van der Waals surface area contributed by atoms with Gasteiger partial charge in [-0.15, -0.1) is 0 Å². The molecule has 4 nitrogen and oxygen atoms in total. The van der Waals surface area contributed by atoms with Crippen LogP contribution in [0.4, 0.5) is 4.39 Å². The first-order valence-electron chi connectivity index (χ1n) is 7.12. The molecular weight excluding hydrogens is 329 g/mol. The zero-order valence-electron chi connectivity index (χ0n) is 11.8. The molecule has 0 unspecified atom stereocenters. The van der Waals surface area contributed by atoms with Crippen LogP contribution in [-0.4, -0.2) is 13.6 Å². The standard InChI is InChI=1S/C15H15ClFNO3S/c16-11-6-4-7-12(17)15(11)22(19,20)9-13-10-5-2-1-3-8-14(10)21-18-13/h4,6-7H,1-3,5,8-9H2. The summed E-state index contributed by atoms with van der Waals surface area (Å²) in [5.74, 6) is -0.489. The molecule has 1 heterocycles. The van der Waals surface area contributed by atoms with Gasteiger partial charge in [0.15, 0.2) is 9.84 Å². The van der Waals surface area contributed by atoms with Gasteiger partial charge in [0.2, 0.25) is 0 Å². The summed E-state index contributed by atoms with van der Waals surface area (Å²) in [6.45, 7) is 0. The van der Waals surface area contributed by atoms with Gasteiger partial charge in [0.05, 0.1) is 5.02 Å². The molecule has 0 bridgehead atoms. The minimum Gasteiger partial charge on any atom is -0.361 e. The Labute approximate surface area is 133 Å². The molecule has 118 valence electrons. The van der Waals surface area contributed by atoms with Crippen LogP contribution in [0.5, 0.6) is 0 Å². The van der Waals surface area contributed by atoms with Gasteiger partial charge in [-0.3, -0.25) is 0 Å². The first kappa shape index (κ1) is 15.5. The van der Waals surface area contributed by atoms with Gasteiger partial charge >= 0.3 is 0 Å². The van der Waals surface area contributed by atoms with Crippen LogP contribution in [-0.2, 0) is 28.4 Å². The van der Waals surface area contributed by atoms with Crippen molar-refractivity contribution in [1.82, 2.24) is 5.16 Å². The summed E-state index contributed by atoms with van der Waals surface area (Å²) in [4.78, 5) is -0.470. The maximum Gasteiger partial charge on any atom is 0.188 e. The van der Waals surface area contributed by atoms with E-state index in [1.54, 1.807) is 0 Å². The summed E-state index contributed by atoms with van der Waals surface area (Å²) in [7, 11) is -3.92. The summed E-state index contributed by atoms with van der Waals surface area (Å²) in [6.07, 6.45) is 4.57. The molecule has 2 aromatic rings. The number of sulfone groups is 1. The van der Waals surface area contributed by atoms with Crippen molar-refractivity contribution in [3.63, 3.8) is 0 Å². The fraction of sp³-hybridized carbons (Fsp3) is 0.400. The predicted molar refractivity (Wildman–Crippen MR) is 80.1 cm³/mol. The van der Waals surface area contributed by atoms with Gasteiger partial charge in [-0.1, -0.05) is 29.2 Å². The molecule has 1 aromatic heterocycles. The molecule has 0 N–H and O–H groups in total. The summed E-state index contributed by atoms with van der Waals surface area (Å²) >= 11 is 5.86. The molecule has 0 spiro atoms. The first-order valence-corrected chi connectivity index (χ1v) is 9.15. The highest BCUT2D eigenvalue weighted by molar-refractivity contribution is 7.90. The first-order chi connectivity index (χ1) is 10.5. The Balaban J connectivity index is 1.98. The fourth-order valence-corrected chi connectivity index (χ4v) is 4.75. The van der Waals surface area contributed by atoms with E-state index in [1.165, 1.54) is 12.1 Å². The highest BCUT2D eigenvalue weighted by atomic mass is 35.5. The normalized spacial score (nSPS) is 15.4. The van der Waals surface area contributed by atoms with Crippen LogP contribution in [0.3, 0.4) is 0 Å². The molecule has 0 saturated carbocycles. The van der Waals surface area contributed by atoms with Gasteiger partial charge in [-0.2, -0.15) is 0 Å². The fourth-order valence-electron chi connectivity index (χ4n) is 2.77. The Bertz CT molecular complexity index is 781. The number of fused-ring (bicyclic) bond motifs is 1. The lowest BCUT2D eigenvalue weighted by atomic mass is 10.1. The number of benzene rings is 1. The number of rotatable bonds is 3. The van der Waals surface area contributed by atoms with Gasteiger partial charge in [0, 0.05) is 12.0 Å². The second-order valence-electron chi connectivity index (χ2n) is 5.40. The van der Waals surface area contributed by atoms with Gasteiger partial charge < -0.3 is 4.52 Å². The average molecular weight is 344 g/mol. The van der Waals surface area contributed by atoms with Crippen LogP contribution in [0.15, 0.2) is 27.6 Å². The predicted octanol–water partition coefficient (Wildman–Crippen LogP) is 3.71. The molecule has 1 aliphatic carbocycles. The molecule has 0 aliphatic heterocycles. The van der Waals surface area contributed by atoms with E-state index in [4.69, 9.17) is 16.1 Å². The van der Waals surface area contributed by atoms with Crippen LogP contribution in [0, 0.1) is 5.82 Å². The largest absolute Gasteiger partial charge is 0.361 e. The van der Waals surface area contributed by atoms with E-state index in [9.17, 15) is 12.8 Å². The molecule has 22 heavy (non-hydrogen) atoms. The smallest absolute Gasteiger partial charge is 0.188 e. The van der Waals surface area contributed by atoms with Crippen LogP contribution in [0.2, 0.25) is 5.02 Å². The summed E-state index contributed by atoms with van der Waals surface area (Å²) in [5, 5.41) is 3.77. The van der Waals surface area contributed by atoms with E-state index < -0.39 is 26.3 Å². The average Bonchev–Trinajstić information content (AvgIpc) is 2.68. The van der Waals surface area contributed by atoms with Crippen molar-refractivity contribution >= 4 is 21.4 Å². The highest BCUT2D eigenvalue weighted by Crippen LogP contribution is 2.30. The molecule has 7 heteroatoms. The number of hydrogen-bond donors (Lipinski definition) is 0. The lowest BCUT2D eigenvalue weighted by molar-refractivity contribution is 0.376. The molecule has 3 rings (SSSR count). The lowest BCUT2D eigenvalue weighted by Gasteiger charge is -2.07. The molecule has 0 fully saturated rings. The molecule has 1 aromatic carbocycles. The van der Waals surface area contributed by atoms with Crippen molar-refractivity contribution in [1.29, 1.82) is 0 Å². The summed E-state index contributed by atoms with van der Waals surface area (Å²) in [5.41, 5.74) is 1.23. The monoisotopic (exact) mass is 343 g/mol. The Morgan fingerprint density at radius 2 is 2.00 bits per heavy atom. The van der Waals surface area contributed by atoms with Gasteiger partial charge in [-0.05, 0) is 31.4 Å². The van der Waals surface area contributed by atoms with Crippen LogP contribution in [0.1, 0.15) is 36.3 Å². The molecule has 0 radical (unpaired) electrons. The second-order valence-corrected chi connectivity index (χ2v) is 7.74. The zero-order chi connectivity index (χ0) is 15.7. The number of aromatic nitrogens is 1. The van der Waals surface area contributed by atoms with Crippen LogP contribution in [0.25, 0.3) is 0 Å². The molecule has 1 aliphatic rings. The van der Waals surface area contributed by atoms with Crippen molar-refractivity contribution in [2.75, 3.05) is 0 Å². The molecule has 0 atom stereocenters. The van der Waals surface area contributed by atoms with E-state index in [-0.39, 0.29) is 5.02 Å². The number of aryl methyl sites for hydroxylation is 1. The summed E-state index contributed by atoms with van der Waals surface area (Å²) < 4.78 is 44.2. The Hall–Kier alpha value is -1.40. The van der Waals surface area contributed by atoms with Gasteiger partial charge in [0.1, 0.15) is 27.9 Å². The Kier molecular flexibility index (Phi) is 4.23. The van der Waals surface area contributed by atoms with E-state index in [0.717, 1.165) is 49.5 Å². The lowest BCUT2D eigenvalue weighted by Crippen LogP contribution is -2.10. The molecule has 0 saturated heterocycles. The van der Waals surface area contributed by atoms with Crippen LogP contribution < -0.4 is 0 Å². The maximum absolute atomic E-state index is 13.9. The van der Waals surface area contributed by atoms with Crippen molar-refractivity contribution < 1.29 is 17.3 Å². The minimum absolute atomic E-state index is 0.116. The quantitative estimate of drug-likeness (QED) is 0.797. The molecule has 0 amide bonds. The van der Waals surface area contributed by atoms with Crippen molar-refractivity contribution in [2.24, 2.45) is 0 Å². The van der Waals surface area contributed by atoms with E-state index in [2.05, 4.69) is 5.16 Å². The topological polar surface area (TPSA) is 60.2 Å². The van der Waals surface area contributed by atoms with E-state index in [0.29, 0.717) is 5.69 Å². The number of halogens is 2. The third kappa shape index (κ3) is 2.90. The van der Waals surface area contributed by atoms with E-state index in [1.807, 2.05) is 0 Å². The summed E-state index contributed by atoms with van der Waals surface area (Å²) in [6, 6.07) is 3.82.